The minimum Gasteiger partial charge on any atom is -0.383 e. The molecule has 0 aliphatic rings. The summed E-state index contributed by atoms with van der Waals surface area (Å²) in [5.41, 5.74) is 7.15. The predicted molar refractivity (Wildman–Crippen MR) is 89.6 cm³/mol. The number of halogens is 3. The zero-order chi connectivity index (χ0) is 19.2. The lowest BCUT2D eigenvalue weighted by Crippen LogP contribution is -2.10. The summed E-state index contributed by atoms with van der Waals surface area (Å²) in [6.07, 6.45) is -1.81. The van der Waals surface area contributed by atoms with Crippen LogP contribution in [0.25, 0.3) is 17.0 Å². The molecule has 0 aliphatic heterocycles. The van der Waals surface area contributed by atoms with E-state index in [9.17, 15) is 13.2 Å². The van der Waals surface area contributed by atoms with Crippen molar-refractivity contribution < 1.29 is 13.2 Å². The molecule has 0 fully saturated rings. The van der Waals surface area contributed by atoms with Crippen molar-refractivity contribution in [3.8, 4) is 11.3 Å². The number of aromatic nitrogens is 7. The van der Waals surface area contributed by atoms with Crippen LogP contribution in [0.15, 0.2) is 30.7 Å². The fraction of sp³-hybridized carbons (Fsp3) is 0.188. The molecule has 4 rings (SSSR count). The Hall–Kier alpha value is -3.50. The van der Waals surface area contributed by atoms with E-state index in [0.29, 0.717) is 28.5 Å². The maximum atomic E-state index is 13.1. The van der Waals surface area contributed by atoms with E-state index >= 15 is 0 Å². The Labute approximate surface area is 150 Å². The Morgan fingerprint density at radius 2 is 2.04 bits per heavy atom. The first-order valence-corrected chi connectivity index (χ1v) is 7.86. The molecule has 0 aliphatic carbocycles. The zero-order valence-corrected chi connectivity index (χ0v) is 14.0. The summed E-state index contributed by atoms with van der Waals surface area (Å²) in [6.45, 7) is 1.78. The van der Waals surface area contributed by atoms with E-state index in [-0.39, 0.29) is 17.7 Å². The van der Waals surface area contributed by atoms with Gasteiger partial charge in [-0.25, -0.2) is 4.98 Å². The maximum absolute atomic E-state index is 13.1. The monoisotopic (exact) mass is 374 g/mol. The third-order valence-corrected chi connectivity index (χ3v) is 4.14. The minimum atomic E-state index is -4.55. The summed E-state index contributed by atoms with van der Waals surface area (Å²) in [7, 11) is 0. The van der Waals surface area contributed by atoms with Crippen molar-refractivity contribution in [2.45, 2.75) is 19.5 Å². The van der Waals surface area contributed by atoms with Gasteiger partial charge in [0, 0.05) is 23.4 Å². The number of fused-ring (bicyclic) bond motifs is 1. The van der Waals surface area contributed by atoms with E-state index in [1.165, 1.54) is 16.9 Å². The second-order valence-corrected chi connectivity index (χ2v) is 5.88. The number of aromatic amines is 1. The van der Waals surface area contributed by atoms with Crippen LogP contribution in [0.1, 0.15) is 22.6 Å². The van der Waals surface area contributed by atoms with Gasteiger partial charge in [-0.05, 0) is 19.1 Å². The van der Waals surface area contributed by atoms with Crippen molar-refractivity contribution in [2.24, 2.45) is 0 Å². The van der Waals surface area contributed by atoms with Crippen molar-refractivity contribution in [3.63, 3.8) is 0 Å². The van der Waals surface area contributed by atoms with Gasteiger partial charge in [0.2, 0.25) is 0 Å². The van der Waals surface area contributed by atoms with Crippen LogP contribution in [-0.4, -0.2) is 34.8 Å². The van der Waals surface area contributed by atoms with Crippen molar-refractivity contribution >= 4 is 11.6 Å². The van der Waals surface area contributed by atoms with Gasteiger partial charge in [-0.3, -0.25) is 10.1 Å². The van der Waals surface area contributed by atoms with E-state index in [2.05, 4.69) is 25.1 Å². The maximum Gasteiger partial charge on any atom is 0.433 e. The Bertz CT molecular complexity index is 1130. The number of alkyl halides is 3. The van der Waals surface area contributed by atoms with Crippen LogP contribution in [0, 0.1) is 6.92 Å². The summed E-state index contributed by atoms with van der Waals surface area (Å²) in [6, 6.07) is 4.84. The van der Waals surface area contributed by atoms with Gasteiger partial charge in [-0.1, -0.05) is 6.07 Å². The number of pyridine rings is 1. The Kier molecular flexibility index (Phi) is 3.79. The highest BCUT2D eigenvalue weighted by Crippen LogP contribution is 2.34. The molecule has 0 atom stereocenters. The van der Waals surface area contributed by atoms with Gasteiger partial charge in [0.25, 0.3) is 5.78 Å². The van der Waals surface area contributed by atoms with Crippen LogP contribution < -0.4 is 5.73 Å². The lowest BCUT2D eigenvalue weighted by atomic mass is 10.1. The first-order valence-electron chi connectivity index (χ1n) is 7.86. The molecule has 11 heteroatoms. The fourth-order valence-electron chi connectivity index (χ4n) is 2.84. The van der Waals surface area contributed by atoms with Crippen LogP contribution in [0.5, 0.6) is 0 Å². The molecule has 27 heavy (non-hydrogen) atoms. The standard InChI is InChI=1S/C16H13F3N8/c1-8-10(14(20)27-15(24-8)21-7-23-27)5-9-3-2-4-12(25-9)11-6-22-26-13(11)16(17,18)19/h2-4,6-7H,5,20H2,1H3,(H,22,26). The lowest BCUT2D eigenvalue weighted by molar-refractivity contribution is -0.140. The molecule has 0 saturated carbocycles. The fourth-order valence-corrected chi connectivity index (χ4v) is 2.84. The minimum absolute atomic E-state index is 0.112. The second-order valence-electron chi connectivity index (χ2n) is 5.88. The average Bonchev–Trinajstić information content (AvgIpc) is 3.27. The molecular weight excluding hydrogens is 361 g/mol. The zero-order valence-electron chi connectivity index (χ0n) is 14.0. The lowest BCUT2D eigenvalue weighted by Gasteiger charge is -2.11. The molecule has 0 radical (unpaired) electrons. The van der Waals surface area contributed by atoms with Crippen LogP contribution >= 0.6 is 0 Å². The van der Waals surface area contributed by atoms with Gasteiger partial charge < -0.3 is 5.73 Å². The molecule has 138 valence electrons. The first-order chi connectivity index (χ1) is 12.8. The van der Waals surface area contributed by atoms with Crippen molar-refractivity contribution in [1.82, 2.24) is 34.8 Å². The Morgan fingerprint density at radius 3 is 2.81 bits per heavy atom. The largest absolute Gasteiger partial charge is 0.433 e. The number of nitrogens with two attached hydrogens (primary N) is 1. The number of nitrogen functional groups attached to an aromatic ring is 1. The second kappa shape index (κ2) is 6.04. The summed E-state index contributed by atoms with van der Waals surface area (Å²) in [5, 5.41) is 9.51. The summed E-state index contributed by atoms with van der Waals surface area (Å²) in [4.78, 5) is 12.7. The molecular formula is C16H13F3N8. The van der Waals surface area contributed by atoms with Gasteiger partial charge in [0.15, 0.2) is 0 Å². The highest BCUT2D eigenvalue weighted by atomic mass is 19.4. The van der Waals surface area contributed by atoms with E-state index in [1.54, 1.807) is 19.1 Å². The molecule has 3 N–H and O–H groups in total. The van der Waals surface area contributed by atoms with E-state index in [0.717, 1.165) is 6.20 Å². The number of nitrogens with zero attached hydrogens (tertiary/aromatic N) is 6. The molecule has 4 aromatic heterocycles. The van der Waals surface area contributed by atoms with E-state index < -0.39 is 11.9 Å². The van der Waals surface area contributed by atoms with Crippen molar-refractivity contribution in [2.75, 3.05) is 5.73 Å². The Balaban J connectivity index is 1.74. The number of aryl methyl sites for hydroxylation is 1. The van der Waals surface area contributed by atoms with Crippen molar-refractivity contribution in [3.05, 3.63) is 53.4 Å². The van der Waals surface area contributed by atoms with Gasteiger partial charge in [0.05, 0.1) is 17.5 Å². The summed E-state index contributed by atoms with van der Waals surface area (Å²) < 4.78 is 40.7. The number of rotatable bonds is 3. The van der Waals surface area contributed by atoms with Crippen LogP contribution in [0.2, 0.25) is 0 Å². The number of hydrogen-bond donors (Lipinski definition) is 2. The van der Waals surface area contributed by atoms with Crippen LogP contribution in [-0.2, 0) is 12.6 Å². The molecule has 0 aromatic carbocycles. The molecule has 4 aromatic rings. The average molecular weight is 374 g/mol. The highest BCUT2D eigenvalue weighted by molar-refractivity contribution is 5.62. The van der Waals surface area contributed by atoms with Crippen LogP contribution in [0.4, 0.5) is 19.0 Å². The molecule has 0 spiro atoms. The summed E-state index contributed by atoms with van der Waals surface area (Å²) >= 11 is 0. The smallest absolute Gasteiger partial charge is 0.383 e. The van der Waals surface area contributed by atoms with Gasteiger partial charge >= 0.3 is 6.18 Å². The van der Waals surface area contributed by atoms with Crippen molar-refractivity contribution in [1.29, 1.82) is 0 Å². The molecule has 0 bridgehead atoms. The van der Waals surface area contributed by atoms with E-state index in [4.69, 9.17) is 5.73 Å². The van der Waals surface area contributed by atoms with Gasteiger partial charge in [-0.15, -0.1) is 0 Å². The van der Waals surface area contributed by atoms with Gasteiger partial charge in [0.1, 0.15) is 17.8 Å². The van der Waals surface area contributed by atoms with Gasteiger partial charge in [-0.2, -0.15) is 32.9 Å². The number of H-pyrrole nitrogens is 1. The molecule has 0 unspecified atom stereocenters. The number of nitrogens with one attached hydrogen (secondary N) is 1. The molecule has 4 heterocycles. The third kappa shape index (κ3) is 2.96. The SMILES string of the molecule is Cc1nc2ncnn2c(N)c1Cc1cccc(-c2cn[nH]c2C(F)(F)F)n1. The summed E-state index contributed by atoms with van der Waals surface area (Å²) in [5.74, 6) is 0.741. The first kappa shape index (κ1) is 16.9. The van der Waals surface area contributed by atoms with E-state index in [1.807, 2.05) is 5.10 Å². The number of anilines is 1. The predicted octanol–water partition coefficient (Wildman–Crippen LogP) is 2.41. The molecule has 0 amide bonds. The van der Waals surface area contributed by atoms with Crippen LogP contribution in [0.3, 0.4) is 0 Å². The Morgan fingerprint density at radius 1 is 1.22 bits per heavy atom. The number of hydrogen-bond acceptors (Lipinski definition) is 6. The quantitative estimate of drug-likeness (QED) is 0.570. The molecule has 0 saturated heterocycles. The topological polar surface area (TPSA) is 111 Å². The third-order valence-electron chi connectivity index (χ3n) is 4.14. The normalized spacial score (nSPS) is 12.0. The highest BCUT2D eigenvalue weighted by Gasteiger charge is 2.36. The molecule has 8 nitrogen and oxygen atoms in total.